The molecule has 0 fully saturated rings. The highest BCUT2D eigenvalue weighted by Gasteiger charge is 2.09. The van der Waals surface area contributed by atoms with Gasteiger partial charge in [-0.1, -0.05) is 11.6 Å². The Bertz CT molecular complexity index is 1160. The number of fused-ring (bicyclic) bond motifs is 1. The van der Waals surface area contributed by atoms with E-state index < -0.39 is 11.4 Å². The van der Waals surface area contributed by atoms with Gasteiger partial charge in [0.25, 0.3) is 11.1 Å². The number of pyridine rings is 2. The van der Waals surface area contributed by atoms with Crippen molar-refractivity contribution < 1.29 is 4.39 Å². The molecule has 132 valence electrons. The van der Waals surface area contributed by atoms with Gasteiger partial charge < -0.3 is 14.9 Å². The molecule has 2 N–H and O–H groups in total. The molecule has 0 amide bonds. The van der Waals surface area contributed by atoms with Crippen LogP contribution in [0.2, 0.25) is 5.02 Å². The van der Waals surface area contributed by atoms with Crippen LogP contribution in [-0.4, -0.2) is 16.1 Å². The first-order chi connectivity index (χ1) is 12.4. The first kappa shape index (κ1) is 17.7. The van der Waals surface area contributed by atoms with Gasteiger partial charge in [-0.05, 0) is 36.8 Å². The number of hydrogen-bond donors (Lipinski definition) is 2. The van der Waals surface area contributed by atoms with Crippen LogP contribution in [0.3, 0.4) is 0 Å². The summed E-state index contributed by atoms with van der Waals surface area (Å²) in [6, 6.07) is 9.29. The van der Waals surface area contributed by atoms with Crippen molar-refractivity contribution in [1.29, 1.82) is 5.26 Å². The predicted molar refractivity (Wildman–Crippen MR) is 98.1 cm³/mol. The summed E-state index contributed by atoms with van der Waals surface area (Å²) < 4.78 is 15.1. The Hall–Kier alpha value is -3.11. The molecule has 8 heteroatoms. The second kappa shape index (κ2) is 7.02. The van der Waals surface area contributed by atoms with Crippen LogP contribution in [0.5, 0.6) is 0 Å². The standard InChI is InChI=1S/C18H14ClFN4O2/c1-24-13(9-21)2-3-15(18(24)26)22-5-4-10-6-11-7-12(19)8-14(20)16(11)23-17(10)25/h2-3,6-8,22H,4-5H2,1H3,(H,23,25). The second-order valence-electron chi connectivity index (χ2n) is 5.76. The summed E-state index contributed by atoms with van der Waals surface area (Å²) in [5.74, 6) is -0.588. The molecule has 0 saturated heterocycles. The molecule has 0 unspecified atom stereocenters. The van der Waals surface area contributed by atoms with Gasteiger partial charge in [0.2, 0.25) is 0 Å². The molecule has 3 rings (SSSR count). The first-order valence-corrected chi connectivity index (χ1v) is 8.13. The third-order valence-electron chi connectivity index (χ3n) is 4.07. The molecule has 2 aromatic heterocycles. The lowest BCUT2D eigenvalue weighted by Gasteiger charge is -2.09. The van der Waals surface area contributed by atoms with Crippen molar-refractivity contribution in [3.05, 3.63) is 73.1 Å². The van der Waals surface area contributed by atoms with E-state index in [1.807, 2.05) is 6.07 Å². The molecule has 0 aliphatic rings. The number of halogens is 2. The molecule has 26 heavy (non-hydrogen) atoms. The SMILES string of the molecule is Cn1c(C#N)ccc(NCCc2cc3cc(Cl)cc(F)c3[nH]c2=O)c1=O. The Morgan fingerprint density at radius 2 is 2.08 bits per heavy atom. The summed E-state index contributed by atoms with van der Waals surface area (Å²) in [7, 11) is 1.51. The van der Waals surface area contributed by atoms with E-state index in [1.165, 1.54) is 23.7 Å². The largest absolute Gasteiger partial charge is 0.380 e. The Labute approximate surface area is 152 Å². The van der Waals surface area contributed by atoms with E-state index in [-0.39, 0.29) is 21.8 Å². The van der Waals surface area contributed by atoms with Crippen molar-refractivity contribution in [3.8, 4) is 6.07 Å². The highest BCUT2D eigenvalue weighted by molar-refractivity contribution is 6.31. The molecule has 0 saturated carbocycles. The predicted octanol–water partition coefficient (Wildman–Crippen LogP) is 2.55. The van der Waals surface area contributed by atoms with E-state index >= 15 is 0 Å². The number of nitrogens with zero attached hydrogens (tertiary/aromatic N) is 2. The number of benzene rings is 1. The summed E-state index contributed by atoms with van der Waals surface area (Å²) in [6.45, 7) is 0.318. The molecule has 3 aromatic rings. The van der Waals surface area contributed by atoms with E-state index in [0.717, 1.165) is 6.07 Å². The van der Waals surface area contributed by atoms with Crippen LogP contribution in [0.1, 0.15) is 11.3 Å². The van der Waals surface area contributed by atoms with Crippen molar-refractivity contribution in [2.45, 2.75) is 6.42 Å². The van der Waals surface area contributed by atoms with Gasteiger partial charge in [0.05, 0.1) is 5.52 Å². The average molecular weight is 373 g/mol. The summed E-state index contributed by atoms with van der Waals surface area (Å²) in [5.41, 5.74) is 0.413. The Balaban J connectivity index is 1.82. The second-order valence-corrected chi connectivity index (χ2v) is 6.20. The quantitative estimate of drug-likeness (QED) is 0.736. The van der Waals surface area contributed by atoms with Gasteiger partial charge in [-0.3, -0.25) is 9.59 Å². The molecule has 1 aromatic carbocycles. The van der Waals surface area contributed by atoms with E-state index in [4.69, 9.17) is 16.9 Å². The van der Waals surface area contributed by atoms with Crippen LogP contribution in [0, 0.1) is 17.1 Å². The van der Waals surface area contributed by atoms with Gasteiger partial charge >= 0.3 is 0 Å². The third-order valence-corrected chi connectivity index (χ3v) is 4.29. The molecular formula is C18H14ClFN4O2. The Morgan fingerprint density at radius 3 is 2.81 bits per heavy atom. The first-order valence-electron chi connectivity index (χ1n) is 7.75. The summed E-state index contributed by atoms with van der Waals surface area (Å²) in [4.78, 5) is 26.8. The van der Waals surface area contributed by atoms with E-state index in [0.29, 0.717) is 29.6 Å². The number of H-pyrrole nitrogens is 1. The monoisotopic (exact) mass is 372 g/mol. The highest BCUT2D eigenvalue weighted by atomic mass is 35.5. The average Bonchev–Trinajstić information content (AvgIpc) is 2.60. The number of hydrogen-bond acceptors (Lipinski definition) is 4. The minimum Gasteiger partial charge on any atom is -0.380 e. The maximum atomic E-state index is 13.8. The molecule has 0 aliphatic heterocycles. The van der Waals surface area contributed by atoms with Crippen molar-refractivity contribution in [2.75, 3.05) is 11.9 Å². The maximum absolute atomic E-state index is 13.8. The van der Waals surface area contributed by atoms with Gasteiger partial charge in [0.1, 0.15) is 23.3 Å². The minimum absolute atomic E-state index is 0.108. The molecule has 0 spiro atoms. The molecular weight excluding hydrogens is 359 g/mol. The number of anilines is 1. The van der Waals surface area contributed by atoms with Crippen LogP contribution in [0.15, 0.2) is 39.9 Å². The summed E-state index contributed by atoms with van der Waals surface area (Å²) >= 11 is 5.85. The van der Waals surface area contributed by atoms with Gasteiger partial charge in [0, 0.05) is 29.6 Å². The van der Waals surface area contributed by atoms with Crippen LogP contribution < -0.4 is 16.4 Å². The molecule has 0 radical (unpaired) electrons. The van der Waals surface area contributed by atoms with Crippen LogP contribution in [-0.2, 0) is 13.5 Å². The van der Waals surface area contributed by atoms with E-state index in [2.05, 4.69) is 10.3 Å². The topological polar surface area (TPSA) is 90.7 Å². The number of aromatic nitrogens is 2. The van der Waals surface area contributed by atoms with Gasteiger partial charge in [-0.25, -0.2) is 4.39 Å². The van der Waals surface area contributed by atoms with Gasteiger partial charge in [-0.2, -0.15) is 5.26 Å². The lowest BCUT2D eigenvalue weighted by molar-refractivity contribution is 0.636. The Morgan fingerprint density at radius 1 is 1.31 bits per heavy atom. The minimum atomic E-state index is -0.588. The zero-order valence-corrected chi connectivity index (χ0v) is 14.5. The number of rotatable bonds is 4. The molecule has 0 bridgehead atoms. The number of nitriles is 1. The van der Waals surface area contributed by atoms with Gasteiger partial charge in [0.15, 0.2) is 0 Å². The lowest BCUT2D eigenvalue weighted by Crippen LogP contribution is -2.24. The van der Waals surface area contributed by atoms with Crippen LogP contribution in [0.25, 0.3) is 10.9 Å². The van der Waals surface area contributed by atoms with Crippen LogP contribution >= 0.6 is 11.6 Å². The fraction of sp³-hybridized carbons (Fsp3) is 0.167. The zero-order valence-electron chi connectivity index (χ0n) is 13.8. The van der Waals surface area contributed by atoms with Crippen molar-refractivity contribution in [1.82, 2.24) is 9.55 Å². The number of nitrogens with one attached hydrogen (secondary N) is 2. The fourth-order valence-electron chi connectivity index (χ4n) is 2.69. The highest BCUT2D eigenvalue weighted by Crippen LogP contribution is 2.21. The van der Waals surface area contributed by atoms with Crippen molar-refractivity contribution in [3.63, 3.8) is 0 Å². The normalized spacial score (nSPS) is 10.7. The molecule has 0 aliphatic carbocycles. The molecule has 2 heterocycles. The van der Waals surface area contributed by atoms with Crippen molar-refractivity contribution in [2.24, 2.45) is 7.05 Å². The third kappa shape index (κ3) is 3.32. The van der Waals surface area contributed by atoms with Crippen LogP contribution in [0.4, 0.5) is 10.1 Å². The molecule has 0 atom stereocenters. The smallest absolute Gasteiger partial charge is 0.274 e. The van der Waals surface area contributed by atoms with E-state index in [9.17, 15) is 14.0 Å². The summed E-state index contributed by atoms with van der Waals surface area (Å²) in [6.07, 6.45) is 0.322. The Kier molecular flexibility index (Phi) is 4.78. The zero-order chi connectivity index (χ0) is 18.8. The fourth-order valence-corrected chi connectivity index (χ4v) is 2.90. The number of aromatic amines is 1. The maximum Gasteiger partial charge on any atom is 0.274 e. The van der Waals surface area contributed by atoms with Gasteiger partial charge in [-0.15, -0.1) is 0 Å². The van der Waals surface area contributed by atoms with E-state index in [1.54, 1.807) is 12.1 Å². The molecule has 6 nitrogen and oxygen atoms in total. The summed E-state index contributed by atoms with van der Waals surface area (Å²) in [5, 5.41) is 12.6. The lowest BCUT2D eigenvalue weighted by atomic mass is 10.1. The van der Waals surface area contributed by atoms with Crippen molar-refractivity contribution >= 4 is 28.2 Å².